The fraction of sp³-hybridized carbons (Fsp3) is 0.263. The highest BCUT2D eigenvalue weighted by Crippen LogP contribution is 2.35. The van der Waals surface area contributed by atoms with E-state index >= 15 is 0 Å². The summed E-state index contributed by atoms with van der Waals surface area (Å²) in [6, 6.07) is 16.9. The van der Waals surface area contributed by atoms with Crippen molar-refractivity contribution in [1.82, 2.24) is 19.3 Å². The molecule has 1 heterocycles. The number of benzene rings is 2. The maximum Gasteiger partial charge on any atom is 0.244 e. The van der Waals surface area contributed by atoms with Crippen LogP contribution in [0.3, 0.4) is 0 Å². The third-order valence-electron chi connectivity index (χ3n) is 4.47. The summed E-state index contributed by atoms with van der Waals surface area (Å²) in [5.41, 5.74) is 1.77. The van der Waals surface area contributed by atoms with E-state index in [1.165, 1.54) is 0 Å². The predicted molar refractivity (Wildman–Crippen MR) is 105 cm³/mol. The Morgan fingerprint density at radius 2 is 1.78 bits per heavy atom. The molecule has 6 nitrogen and oxygen atoms in total. The molecule has 0 amide bonds. The van der Waals surface area contributed by atoms with Crippen LogP contribution in [0.25, 0.3) is 0 Å². The van der Waals surface area contributed by atoms with Crippen LogP contribution >= 0.6 is 15.9 Å². The Morgan fingerprint density at radius 3 is 2.48 bits per heavy atom. The summed E-state index contributed by atoms with van der Waals surface area (Å²) < 4.78 is 30.2. The van der Waals surface area contributed by atoms with E-state index in [0.717, 1.165) is 18.4 Å². The minimum atomic E-state index is -3.61. The standard InChI is InChI=1S/C19H19BrN4O2S/c20-18-8-4-5-9-19(18)27(25,26)24(17-10-11-17)14-16-13-23(22-21-16)12-15-6-2-1-3-7-15/h1-9,13,17H,10-12,14H2. The van der Waals surface area contributed by atoms with Gasteiger partial charge in [0.15, 0.2) is 0 Å². The van der Waals surface area contributed by atoms with E-state index in [2.05, 4.69) is 26.2 Å². The van der Waals surface area contributed by atoms with Gasteiger partial charge in [0.05, 0.1) is 29.9 Å². The molecule has 0 aliphatic heterocycles. The van der Waals surface area contributed by atoms with Crippen molar-refractivity contribution < 1.29 is 8.42 Å². The smallest absolute Gasteiger partial charge is 0.244 e. The molecule has 1 aromatic heterocycles. The molecule has 4 rings (SSSR count). The second-order valence-electron chi connectivity index (χ2n) is 6.60. The van der Waals surface area contributed by atoms with Gasteiger partial charge in [-0.2, -0.15) is 4.31 Å². The zero-order chi connectivity index (χ0) is 18.9. The Bertz CT molecular complexity index is 1030. The van der Waals surface area contributed by atoms with Gasteiger partial charge in [-0.1, -0.05) is 47.7 Å². The highest BCUT2D eigenvalue weighted by Gasteiger charge is 2.39. The molecule has 0 atom stereocenters. The van der Waals surface area contributed by atoms with Crippen molar-refractivity contribution in [2.24, 2.45) is 0 Å². The van der Waals surface area contributed by atoms with Crippen LogP contribution in [0.15, 0.2) is 70.2 Å². The lowest BCUT2D eigenvalue weighted by Crippen LogP contribution is -2.33. The minimum absolute atomic E-state index is 0.0291. The van der Waals surface area contributed by atoms with E-state index in [-0.39, 0.29) is 17.5 Å². The summed E-state index contributed by atoms with van der Waals surface area (Å²) in [6.07, 6.45) is 3.57. The Morgan fingerprint density at radius 1 is 1.07 bits per heavy atom. The normalized spacial score (nSPS) is 14.6. The van der Waals surface area contributed by atoms with Gasteiger partial charge in [-0.3, -0.25) is 0 Å². The first-order valence-corrected chi connectivity index (χ1v) is 11.0. The fourth-order valence-corrected chi connectivity index (χ4v) is 5.59. The highest BCUT2D eigenvalue weighted by molar-refractivity contribution is 9.10. The Hall–Kier alpha value is -2.03. The van der Waals surface area contributed by atoms with E-state index in [0.29, 0.717) is 16.7 Å². The van der Waals surface area contributed by atoms with Crippen LogP contribution in [0.1, 0.15) is 24.1 Å². The van der Waals surface area contributed by atoms with E-state index in [1.807, 2.05) is 36.5 Å². The van der Waals surface area contributed by atoms with Crippen molar-refractivity contribution in [3.05, 3.63) is 76.5 Å². The second kappa shape index (κ2) is 7.53. The fourth-order valence-electron chi connectivity index (χ4n) is 2.97. The van der Waals surface area contributed by atoms with Crippen LogP contribution < -0.4 is 0 Å². The van der Waals surface area contributed by atoms with E-state index < -0.39 is 10.0 Å². The van der Waals surface area contributed by atoms with Crippen LogP contribution in [-0.4, -0.2) is 33.8 Å². The number of aromatic nitrogens is 3. The zero-order valence-electron chi connectivity index (χ0n) is 14.6. The van der Waals surface area contributed by atoms with Gasteiger partial charge in [-0.05, 0) is 46.5 Å². The maximum absolute atomic E-state index is 13.2. The number of nitrogens with zero attached hydrogens (tertiary/aromatic N) is 4. The summed E-state index contributed by atoms with van der Waals surface area (Å²) in [4.78, 5) is 0.286. The molecule has 8 heteroatoms. The summed E-state index contributed by atoms with van der Waals surface area (Å²) in [6.45, 7) is 0.831. The van der Waals surface area contributed by atoms with Crippen LogP contribution in [-0.2, 0) is 23.1 Å². The molecular weight excluding hydrogens is 428 g/mol. The Balaban J connectivity index is 1.55. The molecule has 0 saturated heterocycles. The first kappa shape index (κ1) is 18.3. The molecule has 27 heavy (non-hydrogen) atoms. The molecule has 0 bridgehead atoms. The third-order valence-corrected chi connectivity index (χ3v) is 7.38. The van der Waals surface area contributed by atoms with Crippen LogP contribution in [0.5, 0.6) is 0 Å². The molecular formula is C19H19BrN4O2S. The van der Waals surface area contributed by atoms with E-state index in [1.54, 1.807) is 33.3 Å². The van der Waals surface area contributed by atoms with Crippen LogP contribution in [0.4, 0.5) is 0 Å². The quantitative estimate of drug-likeness (QED) is 0.557. The lowest BCUT2D eigenvalue weighted by atomic mass is 10.2. The molecule has 1 fully saturated rings. The van der Waals surface area contributed by atoms with Gasteiger partial charge in [0.2, 0.25) is 10.0 Å². The zero-order valence-corrected chi connectivity index (χ0v) is 17.0. The minimum Gasteiger partial charge on any atom is -0.248 e. The molecule has 0 spiro atoms. The molecule has 0 radical (unpaired) electrons. The monoisotopic (exact) mass is 446 g/mol. The molecule has 1 aliphatic rings. The molecule has 1 aliphatic carbocycles. The number of rotatable bonds is 7. The highest BCUT2D eigenvalue weighted by atomic mass is 79.9. The van der Waals surface area contributed by atoms with Crippen LogP contribution in [0.2, 0.25) is 0 Å². The van der Waals surface area contributed by atoms with Crippen molar-refractivity contribution in [3.63, 3.8) is 0 Å². The lowest BCUT2D eigenvalue weighted by molar-refractivity contribution is 0.394. The molecule has 1 saturated carbocycles. The van der Waals surface area contributed by atoms with Crippen molar-refractivity contribution in [2.75, 3.05) is 0 Å². The van der Waals surface area contributed by atoms with Gasteiger partial charge in [-0.15, -0.1) is 5.10 Å². The van der Waals surface area contributed by atoms with Gasteiger partial charge in [0, 0.05) is 10.5 Å². The van der Waals surface area contributed by atoms with E-state index in [4.69, 9.17) is 0 Å². The van der Waals surface area contributed by atoms with Crippen molar-refractivity contribution >= 4 is 26.0 Å². The molecule has 140 valence electrons. The molecule has 2 aromatic carbocycles. The Labute approximate surface area is 167 Å². The number of hydrogen-bond donors (Lipinski definition) is 0. The molecule has 0 unspecified atom stereocenters. The predicted octanol–water partition coefficient (Wildman–Crippen LogP) is 3.44. The summed E-state index contributed by atoms with van der Waals surface area (Å²) >= 11 is 3.36. The lowest BCUT2D eigenvalue weighted by Gasteiger charge is -2.21. The summed E-state index contributed by atoms with van der Waals surface area (Å²) in [7, 11) is -3.61. The summed E-state index contributed by atoms with van der Waals surface area (Å²) in [5, 5.41) is 8.34. The van der Waals surface area contributed by atoms with Crippen LogP contribution in [0, 0.1) is 0 Å². The van der Waals surface area contributed by atoms with Gasteiger partial charge < -0.3 is 0 Å². The number of halogens is 1. The SMILES string of the molecule is O=S(=O)(c1ccccc1Br)N(Cc1cn(Cc2ccccc2)nn1)C1CC1. The first-order valence-electron chi connectivity index (χ1n) is 8.73. The number of hydrogen-bond acceptors (Lipinski definition) is 4. The largest absolute Gasteiger partial charge is 0.248 e. The topological polar surface area (TPSA) is 68.1 Å². The Kier molecular flexibility index (Phi) is 5.12. The van der Waals surface area contributed by atoms with Crippen molar-refractivity contribution in [3.8, 4) is 0 Å². The van der Waals surface area contributed by atoms with Gasteiger partial charge in [-0.25, -0.2) is 13.1 Å². The average Bonchev–Trinajstić information content (AvgIpc) is 3.40. The van der Waals surface area contributed by atoms with Gasteiger partial charge in [0.25, 0.3) is 0 Å². The molecule has 0 N–H and O–H groups in total. The van der Waals surface area contributed by atoms with Crippen molar-refractivity contribution in [2.45, 2.75) is 36.9 Å². The second-order valence-corrected chi connectivity index (χ2v) is 9.32. The maximum atomic E-state index is 13.2. The number of sulfonamides is 1. The third kappa shape index (κ3) is 4.12. The summed E-state index contributed by atoms with van der Waals surface area (Å²) in [5.74, 6) is 0. The average molecular weight is 447 g/mol. The van der Waals surface area contributed by atoms with Gasteiger partial charge >= 0.3 is 0 Å². The molecule has 3 aromatic rings. The van der Waals surface area contributed by atoms with E-state index in [9.17, 15) is 8.42 Å². The van der Waals surface area contributed by atoms with Gasteiger partial charge in [0.1, 0.15) is 0 Å². The first-order chi connectivity index (χ1) is 13.0. The van der Waals surface area contributed by atoms with Crippen molar-refractivity contribution in [1.29, 1.82) is 0 Å².